The Labute approximate surface area is 250 Å². The monoisotopic (exact) mass is 633 g/mol. The molecule has 0 aliphatic carbocycles. The van der Waals surface area contributed by atoms with Crippen molar-refractivity contribution in [2.45, 2.75) is 46.2 Å². The van der Waals surface area contributed by atoms with Crippen molar-refractivity contribution in [2.24, 2.45) is 13.0 Å². The Morgan fingerprint density at radius 2 is 1.93 bits per heavy atom. The van der Waals surface area contributed by atoms with E-state index in [4.69, 9.17) is 16.7 Å². The van der Waals surface area contributed by atoms with Gasteiger partial charge in [0.25, 0.3) is 11.5 Å². The number of nitrogens with zero attached hydrogens (tertiary/aromatic N) is 7. The lowest BCUT2D eigenvalue weighted by atomic mass is 9.98. The lowest BCUT2D eigenvalue weighted by molar-refractivity contribution is 0.0651. The summed E-state index contributed by atoms with van der Waals surface area (Å²) in [5, 5.41) is 13.4. The van der Waals surface area contributed by atoms with Gasteiger partial charge in [-0.1, -0.05) is 25.4 Å². The Morgan fingerprint density at radius 1 is 1.17 bits per heavy atom. The Morgan fingerprint density at radius 3 is 2.59 bits per heavy atom. The summed E-state index contributed by atoms with van der Waals surface area (Å²) in [4.78, 5) is 29.7. The normalized spacial score (nSPS) is 15.1. The number of aromatic nitrogens is 6. The van der Waals surface area contributed by atoms with Crippen LogP contribution in [0.25, 0.3) is 22.7 Å². The third-order valence-electron chi connectivity index (χ3n) is 7.60. The average Bonchev–Trinajstić information content (AvgIpc) is 3.56. The number of hydrogen-bond donors (Lipinski definition) is 0. The number of rotatable bonds is 5. The van der Waals surface area contributed by atoms with Crippen LogP contribution in [0.1, 0.15) is 48.0 Å². The fraction of sp³-hybridized carbons (Fsp3) is 0.300. The van der Waals surface area contributed by atoms with Crippen LogP contribution < -0.4 is 5.56 Å². The van der Waals surface area contributed by atoms with E-state index in [1.165, 1.54) is 0 Å². The highest BCUT2D eigenvalue weighted by Gasteiger charge is 2.33. The first-order valence-electron chi connectivity index (χ1n) is 13.5. The lowest BCUT2D eigenvalue weighted by Crippen LogP contribution is -2.46. The van der Waals surface area contributed by atoms with Crippen molar-refractivity contribution in [1.82, 2.24) is 33.8 Å². The van der Waals surface area contributed by atoms with E-state index < -0.39 is 0 Å². The van der Waals surface area contributed by atoms with E-state index in [0.717, 1.165) is 44.9 Å². The van der Waals surface area contributed by atoms with Gasteiger partial charge in [0.05, 0.1) is 29.1 Å². The van der Waals surface area contributed by atoms with Crippen molar-refractivity contribution in [1.29, 1.82) is 0 Å². The number of halogens is 2. The van der Waals surface area contributed by atoms with Gasteiger partial charge < -0.3 is 9.47 Å². The van der Waals surface area contributed by atoms with Crippen LogP contribution >= 0.6 is 27.5 Å². The molecule has 0 fully saturated rings. The molecule has 9 nitrogen and oxygen atoms in total. The molecule has 0 saturated carbocycles. The quantitative estimate of drug-likeness (QED) is 0.255. The largest absolute Gasteiger partial charge is 0.330 e. The summed E-state index contributed by atoms with van der Waals surface area (Å²) < 4.78 is 6.20. The number of fused-ring (bicyclic) bond motifs is 3. The molecule has 0 radical (unpaired) electrons. The third-order valence-corrected chi connectivity index (χ3v) is 8.83. The highest BCUT2D eigenvalue weighted by Crippen LogP contribution is 2.29. The van der Waals surface area contributed by atoms with Crippen molar-refractivity contribution in [3.63, 3.8) is 0 Å². The molecule has 0 N–H and O–H groups in total. The lowest BCUT2D eigenvalue weighted by Gasteiger charge is -2.35. The molecule has 1 aliphatic heterocycles. The van der Waals surface area contributed by atoms with E-state index >= 15 is 0 Å². The third kappa shape index (κ3) is 4.78. The zero-order valence-electron chi connectivity index (χ0n) is 23.2. The molecule has 41 heavy (non-hydrogen) atoms. The SMILES string of the molecule is CC(C)Cc1cnn2c3c(c(=O)n(-c4ccc(-c5nncn5C)cc4)c12)C[C@H](C)N(C(=O)c1ccc(Br)c(Cl)c1)C3. The minimum Gasteiger partial charge on any atom is -0.330 e. The topological polar surface area (TPSA) is 90.3 Å². The van der Waals surface area contributed by atoms with Crippen LogP contribution in [0.2, 0.25) is 5.02 Å². The zero-order chi connectivity index (χ0) is 29.0. The van der Waals surface area contributed by atoms with Crippen molar-refractivity contribution in [2.75, 3.05) is 0 Å². The van der Waals surface area contributed by atoms with Gasteiger partial charge in [-0.05, 0) is 84.1 Å². The summed E-state index contributed by atoms with van der Waals surface area (Å²) >= 11 is 9.69. The molecule has 6 rings (SSSR count). The summed E-state index contributed by atoms with van der Waals surface area (Å²) in [6.07, 6.45) is 4.68. The van der Waals surface area contributed by atoms with Crippen LogP contribution in [0.4, 0.5) is 0 Å². The molecule has 210 valence electrons. The van der Waals surface area contributed by atoms with Gasteiger partial charge in [0.2, 0.25) is 0 Å². The molecule has 0 saturated heterocycles. The van der Waals surface area contributed by atoms with Crippen molar-refractivity contribution < 1.29 is 4.79 Å². The van der Waals surface area contributed by atoms with E-state index in [1.807, 2.05) is 53.5 Å². The summed E-state index contributed by atoms with van der Waals surface area (Å²) in [7, 11) is 1.89. The first-order chi connectivity index (χ1) is 19.6. The number of aryl methyl sites for hydroxylation is 1. The average molecular weight is 635 g/mol. The molecule has 4 heterocycles. The van der Waals surface area contributed by atoms with Crippen LogP contribution in [-0.4, -0.2) is 45.8 Å². The van der Waals surface area contributed by atoms with Crippen LogP contribution in [0.15, 0.2) is 64.3 Å². The van der Waals surface area contributed by atoms with Gasteiger partial charge in [0.15, 0.2) is 5.82 Å². The minimum absolute atomic E-state index is 0.0879. The molecular weight excluding hydrogens is 606 g/mol. The fourth-order valence-corrected chi connectivity index (χ4v) is 6.01. The predicted octanol–water partition coefficient (Wildman–Crippen LogP) is 5.48. The highest BCUT2D eigenvalue weighted by molar-refractivity contribution is 9.10. The maximum atomic E-state index is 14.3. The minimum atomic E-state index is -0.194. The van der Waals surface area contributed by atoms with E-state index in [1.54, 1.807) is 34.0 Å². The summed E-state index contributed by atoms with van der Waals surface area (Å²) in [5.41, 5.74) is 5.17. The van der Waals surface area contributed by atoms with Crippen LogP contribution in [0.5, 0.6) is 0 Å². The van der Waals surface area contributed by atoms with Crippen molar-refractivity contribution in [3.05, 3.63) is 97.2 Å². The van der Waals surface area contributed by atoms with Gasteiger partial charge in [-0.15, -0.1) is 10.2 Å². The molecule has 0 bridgehead atoms. The fourth-order valence-electron chi connectivity index (χ4n) is 5.58. The highest BCUT2D eigenvalue weighted by atomic mass is 79.9. The first kappa shape index (κ1) is 27.4. The van der Waals surface area contributed by atoms with Gasteiger partial charge in [-0.3, -0.25) is 14.2 Å². The molecule has 1 atom stereocenters. The first-order valence-corrected chi connectivity index (χ1v) is 14.6. The Hall–Kier alpha value is -3.76. The Balaban J connectivity index is 1.49. The summed E-state index contributed by atoms with van der Waals surface area (Å²) in [6.45, 7) is 6.53. The molecule has 2 aromatic carbocycles. The maximum Gasteiger partial charge on any atom is 0.261 e. The summed E-state index contributed by atoms with van der Waals surface area (Å²) in [5.74, 6) is 0.972. The van der Waals surface area contributed by atoms with Crippen LogP contribution in [-0.2, 0) is 26.4 Å². The Kier molecular flexibility index (Phi) is 7.07. The van der Waals surface area contributed by atoms with E-state index in [9.17, 15) is 9.59 Å². The van der Waals surface area contributed by atoms with E-state index in [-0.39, 0.29) is 24.1 Å². The standard InChI is InChI=1S/C30H29BrClN7O2/c1-17(2)11-21-14-34-39-26-15-37(29(40)20-7-10-24(31)25(32)13-20)18(3)12-23(26)30(41)38(28(21)39)22-8-5-19(6-9-22)27-35-33-16-36(27)4/h5-10,13-14,16-18H,11-12,15H2,1-4H3/t18-/m0/s1. The second-order valence-electron chi connectivity index (χ2n) is 11.0. The zero-order valence-corrected chi connectivity index (χ0v) is 25.5. The molecule has 0 spiro atoms. The number of hydrogen-bond acceptors (Lipinski definition) is 5. The summed E-state index contributed by atoms with van der Waals surface area (Å²) in [6, 6.07) is 12.8. The van der Waals surface area contributed by atoms with E-state index in [2.05, 4.69) is 40.0 Å². The molecule has 1 aliphatic rings. The molecule has 1 amide bonds. The number of benzene rings is 2. The second-order valence-corrected chi connectivity index (χ2v) is 12.3. The van der Waals surface area contributed by atoms with Gasteiger partial charge >= 0.3 is 0 Å². The molecule has 5 aromatic rings. The smallest absolute Gasteiger partial charge is 0.261 e. The molecule has 11 heteroatoms. The van der Waals surface area contributed by atoms with Gasteiger partial charge in [0, 0.05) is 39.8 Å². The van der Waals surface area contributed by atoms with Gasteiger partial charge in [-0.2, -0.15) is 5.10 Å². The molecule has 0 unspecified atom stereocenters. The number of carbonyl (C=O) groups excluding carboxylic acids is 1. The van der Waals surface area contributed by atoms with E-state index in [0.29, 0.717) is 28.5 Å². The molecular formula is C30H29BrClN7O2. The van der Waals surface area contributed by atoms with Crippen molar-refractivity contribution >= 4 is 39.1 Å². The van der Waals surface area contributed by atoms with Crippen LogP contribution in [0, 0.1) is 5.92 Å². The Bertz CT molecular complexity index is 1860. The predicted molar refractivity (Wildman–Crippen MR) is 162 cm³/mol. The maximum absolute atomic E-state index is 14.3. The van der Waals surface area contributed by atoms with Crippen molar-refractivity contribution in [3.8, 4) is 17.1 Å². The van der Waals surface area contributed by atoms with Gasteiger partial charge in [0.1, 0.15) is 12.0 Å². The second kappa shape index (κ2) is 10.6. The van der Waals surface area contributed by atoms with Crippen LogP contribution in [0.3, 0.4) is 0 Å². The number of carbonyl (C=O) groups is 1. The number of amides is 1. The van der Waals surface area contributed by atoms with Gasteiger partial charge in [-0.25, -0.2) is 4.52 Å². The molecule has 3 aromatic heterocycles.